The number of rotatable bonds is 4. The summed E-state index contributed by atoms with van der Waals surface area (Å²) < 4.78 is 6.41. The first kappa shape index (κ1) is 14.0. The molecular weight excluding hydrogens is 278 g/mol. The van der Waals surface area contributed by atoms with Crippen molar-refractivity contribution in [3.05, 3.63) is 61.1 Å². The molecule has 5 nitrogen and oxygen atoms in total. The molecule has 0 N–H and O–H groups in total. The quantitative estimate of drug-likeness (QED) is 0.694. The monoisotopic (exact) mass is 293 g/mol. The van der Waals surface area contributed by atoms with Crippen LogP contribution in [-0.4, -0.2) is 27.8 Å². The van der Waals surface area contributed by atoms with Crippen molar-refractivity contribution in [1.82, 2.24) is 14.8 Å². The van der Waals surface area contributed by atoms with E-state index in [1.807, 2.05) is 42.5 Å². The maximum Gasteiger partial charge on any atom is 0.327 e. The van der Waals surface area contributed by atoms with Gasteiger partial charge in [0.2, 0.25) is 0 Å². The van der Waals surface area contributed by atoms with Gasteiger partial charge in [0, 0.05) is 23.5 Å². The van der Waals surface area contributed by atoms with Gasteiger partial charge in [0.25, 0.3) is 0 Å². The van der Waals surface area contributed by atoms with Crippen LogP contribution in [0, 0.1) is 0 Å². The molecule has 3 aromatic rings. The highest BCUT2D eigenvalue weighted by Crippen LogP contribution is 2.31. The molecule has 0 atom stereocenters. The molecule has 22 heavy (non-hydrogen) atoms. The summed E-state index contributed by atoms with van der Waals surface area (Å²) in [6.07, 6.45) is 5.24. The molecular formula is C17H15N3O2. The molecule has 0 bridgehead atoms. The zero-order chi connectivity index (χ0) is 15.4. The minimum Gasteiger partial charge on any atom is -0.468 e. The summed E-state index contributed by atoms with van der Waals surface area (Å²) in [7, 11) is 1.37. The van der Waals surface area contributed by atoms with E-state index >= 15 is 0 Å². The van der Waals surface area contributed by atoms with E-state index in [1.54, 1.807) is 23.3 Å². The van der Waals surface area contributed by atoms with Crippen LogP contribution in [0.15, 0.2) is 61.1 Å². The molecule has 0 saturated carbocycles. The van der Waals surface area contributed by atoms with E-state index in [0.29, 0.717) is 0 Å². The number of benzene rings is 1. The van der Waals surface area contributed by atoms with Crippen molar-refractivity contribution in [2.75, 3.05) is 7.11 Å². The molecule has 0 saturated heterocycles. The summed E-state index contributed by atoms with van der Waals surface area (Å²) in [5, 5.41) is 4.35. The third-order valence-corrected chi connectivity index (χ3v) is 3.38. The first-order valence-electron chi connectivity index (χ1n) is 6.88. The maximum atomic E-state index is 11.6. The van der Waals surface area contributed by atoms with Gasteiger partial charge in [0.15, 0.2) is 0 Å². The van der Waals surface area contributed by atoms with Crippen molar-refractivity contribution >= 4 is 5.97 Å². The molecule has 0 aliphatic rings. The lowest BCUT2D eigenvalue weighted by Gasteiger charge is -2.09. The number of hydrogen-bond acceptors (Lipinski definition) is 4. The highest BCUT2D eigenvalue weighted by Gasteiger charge is 2.16. The molecule has 3 rings (SSSR count). The van der Waals surface area contributed by atoms with Gasteiger partial charge in [-0.3, -0.25) is 14.5 Å². The molecule has 0 unspecified atom stereocenters. The largest absolute Gasteiger partial charge is 0.468 e. The van der Waals surface area contributed by atoms with E-state index in [1.165, 1.54) is 7.11 Å². The van der Waals surface area contributed by atoms with E-state index in [4.69, 9.17) is 4.74 Å². The van der Waals surface area contributed by atoms with Crippen LogP contribution in [0.5, 0.6) is 0 Å². The first-order chi connectivity index (χ1) is 10.8. The molecule has 1 aromatic carbocycles. The molecule has 0 aliphatic heterocycles. The van der Waals surface area contributed by atoms with E-state index in [9.17, 15) is 4.79 Å². The SMILES string of the molecule is COC(=O)Cn1ncc(-c2ccncc2)c1-c1ccccc1. The van der Waals surface area contributed by atoms with Crippen molar-refractivity contribution in [3.8, 4) is 22.4 Å². The number of hydrogen-bond donors (Lipinski definition) is 0. The van der Waals surface area contributed by atoms with Gasteiger partial charge in [-0.2, -0.15) is 5.10 Å². The van der Waals surface area contributed by atoms with Gasteiger partial charge in [-0.25, -0.2) is 0 Å². The Hall–Kier alpha value is -2.95. The topological polar surface area (TPSA) is 57.0 Å². The van der Waals surface area contributed by atoms with E-state index in [2.05, 4.69) is 10.1 Å². The van der Waals surface area contributed by atoms with Gasteiger partial charge in [0.1, 0.15) is 6.54 Å². The van der Waals surface area contributed by atoms with E-state index < -0.39 is 0 Å². The second kappa shape index (κ2) is 6.22. The van der Waals surface area contributed by atoms with Gasteiger partial charge in [-0.05, 0) is 17.7 Å². The number of methoxy groups -OCH3 is 1. The summed E-state index contributed by atoms with van der Waals surface area (Å²) in [4.78, 5) is 15.7. The van der Waals surface area contributed by atoms with Crippen molar-refractivity contribution in [1.29, 1.82) is 0 Å². The van der Waals surface area contributed by atoms with Gasteiger partial charge >= 0.3 is 5.97 Å². The highest BCUT2D eigenvalue weighted by atomic mass is 16.5. The predicted molar refractivity (Wildman–Crippen MR) is 82.9 cm³/mol. The van der Waals surface area contributed by atoms with Gasteiger partial charge < -0.3 is 4.74 Å². The minimum absolute atomic E-state index is 0.0752. The van der Waals surface area contributed by atoms with Crippen LogP contribution in [0.3, 0.4) is 0 Å². The predicted octanol–water partition coefficient (Wildman–Crippen LogP) is 2.79. The average Bonchev–Trinajstić information content (AvgIpc) is 3.00. The van der Waals surface area contributed by atoms with Crippen LogP contribution in [0.2, 0.25) is 0 Å². The number of carbonyl (C=O) groups excluding carboxylic acids is 1. The Morgan fingerprint density at radius 1 is 1.09 bits per heavy atom. The van der Waals surface area contributed by atoms with Crippen LogP contribution in [-0.2, 0) is 16.1 Å². The Morgan fingerprint density at radius 3 is 2.50 bits per heavy atom. The summed E-state index contributed by atoms with van der Waals surface area (Å²) in [5.41, 5.74) is 3.84. The van der Waals surface area contributed by atoms with Crippen molar-refractivity contribution in [2.45, 2.75) is 6.54 Å². The maximum absolute atomic E-state index is 11.6. The van der Waals surface area contributed by atoms with Crippen LogP contribution in [0.1, 0.15) is 0 Å². The van der Waals surface area contributed by atoms with Crippen LogP contribution in [0.4, 0.5) is 0 Å². The number of ether oxygens (including phenoxy) is 1. The fourth-order valence-electron chi connectivity index (χ4n) is 2.34. The Bertz CT molecular complexity index is 767. The second-order valence-electron chi connectivity index (χ2n) is 4.74. The standard InChI is InChI=1S/C17H15N3O2/c1-22-16(21)12-20-17(14-5-3-2-4-6-14)15(11-19-20)13-7-9-18-10-8-13/h2-11H,12H2,1H3. The third kappa shape index (κ3) is 2.74. The number of esters is 1. The smallest absolute Gasteiger partial charge is 0.327 e. The molecule has 0 radical (unpaired) electrons. The molecule has 0 fully saturated rings. The summed E-state index contributed by atoms with van der Waals surface area (Å²) >= 11 is 0. The molecule has 0 aliphatic carbocycles. The first-order valence-corrected chi connectivity index (χ1v) is 6.88. The normalized spacial score (nSPS) is 10.4. The van der Waals surface area contributed by atoms with Crippen LogP contribution < -0.4 is 0 Å². The lowest BCUT2D eigenvalue weighted by atomic mass is 10.0. The number of aromatic nitrogens is 3. The lowest BCUT2D eigenvalue weighted by Crippen LogP contribution is -2.13. The fraction of sp³-hybridized carbons (Fsp3) is 0.118. The molecule has 0 amide bonds. The highest BCUT2D eigenvalue weighted by molar-refractivity contribution is 5.81. The summed E-state index contributed by atoms with van der Waals surface area (Å²) in [6, 6.07) is 13.7. The molecule has 0 spiro atoms. The van der Waals surface area contributed by atoms with Crippen LogP contribution >= 0.6 is 0 Å². The van der Waals surface area contributed by atoms with Crippen molar-refractivity contribution in [2.24, 2.45) is 0 Å². The van der Waals surface area contributed by atoms with Gasteiger partial charge in [-0.15, -0.1) is 0 Å². The Labute approximate surface area is 128 Å². The summed E-state index contributed by atoms with van der Waals surface area (Å²) in [5.74, 6) is -0.332. The summed E-state index contributed by atoms with van der Waals surface area (Å²) in [6.45, 7) is 0.0752. The Kier molecular flexibility index (Phi) is 3.96. The lowest BCUT2D eigenvalue weighted by molar-refractivity contribution is -0.141. The Morgan fingerprint density at radius 2 is 1.82 bits per heavy atom. The molecule has 2 aromatic heterocycles. The fourth-order valence-corrected chi connectivity index (χ4v) is 2.34. The van der Waals surface area contributed by atoms with Crippen molar-refractivity contribution in [3.63, 3.8) is 0 Å². The van der Waals surface area contributed by atoms with Gasteiger partial charge in [-0.1, -0.05) is 30.3 Å². The van der Waals surface area contributed by atoms with Gasteiger partial charge in [0.05, 0.1) is 19.0 Å². The second-order valence-corrected chi connectivity index (χ2v) is 4.74. The third-order valence-electron chi connectivity index (χ3n) is 3.38. The number of pyridine rings is 1. The van der Waals surface area contributed by atoms with Crippen molar-refractivity contribution < 1.29 is 9.53 Å². The average molecular weight is 293 g/mol. The van der Waals surface area contributed by atoms with E-state index in [-0.39, 0.29) is 12.5 Å². The Balaban J connectivity index is 2.13. The number of nitrogens with zero attached hydrogens (tertiary/aromatic N) is 3. The molecule has 2 heterocycles. The zero-order valence-corrected chi connectivity index (χ0v) is 12.1. The minimum atomic E-state index is -0.332. The molecule has 5 heteroatoms. The zero-order valence-electron chi connectivity index (χ0n) is 12.1. The van der Waals surface area contributed by atoms with E-state index in [0.717, 1.165) is 22.4 Å². The van der Waals surface area contributed by atoms with Crippen LogP contribution in [0.25, 0.3) is 22.4 Å². The number of carbonyl (C=O) groups is 1. The molecule has 110 valence electrons.